The molecule has 1 heterocycles. The van der Waals surface area contributed by atoms with Gasteiger partial charge < -0.3 is 0 Å². The average Bonchev–Trinajstić information content (AvgIpc) is 2.48. The fraction of sp³-hybridized carbons (Fsp3) is 0. The molecule has 0 saturated heterocycles. The van der Waals surface area contributed by atoms with E-state index in [1.807, 2.05) is 30.3 Å². The van der Waals surface area contributed by atoms with E-state index in [9.17, 15) is 4.39 Å². The first-order chi connectivity index (χ1) is 9.83. The molecule has 0 fully saturated rings. The number of anilines is 1. The predicted molar refractivity (Wildman–Crippen MR) is 79.4 cm³/mol. The number of halogens is 1. The molecule has 3 rings (SSSR count). The lowest BCUT2D eigenvalue weighted by atomic mass is 10.2. The maximum absolute atomic E-state index is 13.0. The number of fused-ring (bicyclic) bond motifs is 1. The molecule has 3 nitrogen and oxygen atoms in total. The SMILES string of the molecule is Fc1cccc(/C=N/Nc2cccc3ncccc23)c1. The van der Waals surface area contributed by atoms with Gasteiger partial charge in [0.15, 0.2) is 0 Å². The first-order valence-corrected chi connectivity index (χ1v) is 6.21. The van der Waals surface area contributed by atoms with Crippen LogP contribution in [0.5, 0.6) is 0 Å². The van der Waals surface area contributed by atoms with Crippen molar-refractivity contribution in [2.45, 2.75) is 0 Å². The summed E-state index contributed by atoms with van der Waals surface area (Å²) in [5, 5.41) is 5.13. The van der Waals surface area contributed by atoms with Crippen molar-refractivity contribution in [2.75, 3.05) is 5.43 Å². The van der Waals surface area contributed by atoms with Crippen LogP contribution < -0.4 is 5.43 Å². The van der Waals surface area contributed by atoms with Gasteiger partial charge in [0.05, 0.1) is 17.4 Å². The Bertz CT molecular complexity index is 763. The first-order valence-electron chi connectivity index (χ1n) is 6.21. The zero-order valence-electron chi connectivity index (χ0n) is 10.6. The number of hydrazone groups is 1. The Morgan fingerprint density at radius 3 is 2.85 bits per heavy atom. The number of pyridine rings is 1. The quantitative estimate of drug-likeness (QED) is 0.577. The maximum atomic E-state index is 13.0. The molecule has 4 heteroatoms. The van der Waals surface area contributed by atoms with E-state index in [0.29, 0.717) is 5.56 Å². The lowest BCUT2D eigenvalue weighted by Crippen LogP contribution is -1.92. The fourth-order valence-corrected chi connectivity index (χ4v) is 1.96. The topological polar surface area (TPSA) is 37.3 Å². The molecule has 0 aliphatic heterocycles. The highest BCUT2D eigenvalue weighted by Crippen LogP contribution is 2.21. The fourth-order valence-electron chi connectivity index (χ4n) is 1.96. The van der Waals surface area contributed by atoms with Gasteiger partial charge in [0.1, 0.15) is 5.82 Å². The molecule has 98 valence electrons. The van der Waals surface area contributed by atoms with E-state index in [1.54, 1.807) is 24.5 Å². The van der Waals surface area contributed by atoms with Crippen LogP contribution in [0.25, 0.3) is 10.9 Å². The minimum absolute atomic E-state index is 0.275. The first kappa shape index (κ1) is 12.3. The van der Waals surface area contributed by atoms with Gasteiger partial charge in [-0.3, -0.25) is 10.4 Å². The van der Waals surface area contributed by atoms with E-state index >= 15 is 0 Å². The molecule has 3 aromatic rings. The largest absolute Gasteiger partial charge is 0.278 e. The molecule has 0 radical (unpaired) electrons. The Labute approximate surface area is 115 Å². The zero-order chi connectivity index (χ0) is 13.8. The van der Waals surface area contributed by atoms with Crippen molar-refractivity contribution < 1.29 is 4.39 Å². The van der Waals surface area contributed by atoms with Crippen molar-refractivity contribution in [3.05, 3.63) is 72.2 Å². The van der Waals surface area contributed by atoms with Crippen molar-refractivity contribution in [2.24, 2.45) is 5.10 Å². The summed E-state index contributed by atoms with van der Waals surface area (Å²) < 4.78 is 13.0. The molecule has 1 N–H and O–H groups in total. The maximum Gasteiger partial charge on any atom is 0.123 e. The van der Waals surface area contributed by atoms with Gasteiger partial charge in [-0.25, -0.2) is 4.39 Å². The monoisotopic (exact) mass is 265 g/mol. The number of nitrogens with one attached hydrogen (secondary N) is 1. The Morgan fingerprint density at radius 1 is 1.05 bits per heavy atom. The van der Waals surface area contributed by atoms with Crippen LogP contribution in [0.2, 0.25) is 0 Å². The molecule has 0 aliphatic rings. The van der Waals surface area contributed by atoms with Crippen LogP contribution in [0, 0.1) is 5.82 Å². The van der Waals surface area contributed by atoms with Crippen molar-refractivity contribution in [1.82, 2.24) is 4.98 Å². The highest BCUT2D eigenvalue weighted by atomic mass is 19.1. The van der Waals surface area contributed by atoms with Gasteiger partial charge in [-0.05, 0) is 42.0 Å². The minimum Gasteiger partial charge on any atom is -0.278 e. The van der Waals surface area contributed by atoms with Crippen LogP contribution in [0.1, 0.15) is 5.56 Å². The smallest absolute Gasteiger partial charge is 0.123 e. The molecule has 0 amide bonds. The van der Waals surface area contributed by atoms with Crippen molar-refractivity contribution in [3.63, 3.8) is 0 Å². The van der Waals surface area contributed by atoms with E-state index in [1.165, 1.54) is 12.1 Å². The standard InChI is InChI=1S/C16H12FN3/c17-13-5-1-4-12(10-13)11-19-20-16-8-2-7-15-14(16)6-3-9-18-15/h1-11,20H/b19-11+. The Morgan fingerprint density at radius 2 is 1.95 bits per heavy atom. The molecule has 0 spiro atoms. The molecule has 2 aromatic carbocycles. The Hall–Kier alpha value is -2.75. The van der Waals surface area contributed by atoms with Gasteiger partial charge in [0, 0.05) is 11.6 Å². The van der Waals surface area contributed by atoms with Gasteiger partial charge in [0.2, 0.25) is 0 Å². The van der Waals surface area contributed by atoms with E-state index in [0.717, 1.165) is 16.6 Å². The third-order valence-electron chi connectivity index (χ3n) is 2.89. The molecule has 0 saturated carbocycles. The van der Waals surface area contributed by atoms with E-state index in [2.05, 4.69) is 15.5 Å². The normalized spacial score (nSPS) is 11.1. The van der Waals surface area contributed by atoms with Crippen LogP contribution >= 0.6 is 0 Å². The summed E-state index contributed by atoms with van der Waals surface area (Å²) in [5.41, 5.74) is 5.43. The predicted octanol–water partition coefficient (Wildman–Crippen LogP) is 3.82. The number of hydrogen-bond acceptors (Lipinski definition) is 3. The molecule has 0 aliphatic carbocycles. The van der Waals surface area contributed by atoms with Gasteiger partial charge in [-0.1, -0.05) is 18.2 Å². The molecule has 0 unspecified atom stereocenters. The van der Waals surface area contributed by atoms with Gasteiger partial charge in [-0.15, -0.1) is 0 Å². The summed E-state index contributed by atoms with van der Waals surface area (Å²) in [4.78, 5) is 4.28. The van der Waals surface area contributed by atoms with E-state index < -0.39 is 0 Å². The Kier molecular flexibility index (Phi) is 3.37. The number of benzene rings is 2. The van der Waals surface area contributed by atoms with Gasteiger partial charge in [-0.2, -0.15) is 5.10 Å². The lowest BCUT2D eigenvalue weighted by molar-refractivity contribution is 0.627. The second kappa shape index (κ2) is 5.48. The van der Waals surface area contributed by atoms with Crippen LogP contribution in [0.15, 0.2) is 65.9 Å². The summed E-state index contributed by atoms with van der Waals surface area (Å²) in [5.74, 6) is -0.275. The van der Waals surface area contributed by atoms with Gasteiger partial charge >= 0.3 is 0 Å². The highest BCUT2D eigenvalue weighted by molar-refractivity contribution is 5.91. The van der Waals surface area contributed by atoms with Crippen LogP contribution in [-0.4, -0.2) is 11.2 Å². The summed E-state index contributed by atoms with van der Waals surface area (Å²) in [7, 11) is 0. The number of aromatic nitrogens is 1. The second-order valence-electron chi connectivity index (χ2n) is 4.30. The summed E-state index contributed by atoms with van der Waals surface area (Å²) in [6, 6.07) is 15.9. The third kappa shape index (κ3) is 2.64. The average molecular weight is 265 g/mol. The van der Waals surface area contributed by atoms with Crippen molar-refractivity contribution in [1.29, 1.82) is 0 Å². The van der Waals surface area contributed by atoms with Gasteiger partial charge in [0.25, 0.3) is 0 Å². The Balaban J connectivity index is 1.84. The van der Waals surface area contributed by atoms with Crippen molar-refractivity contribution in [3.8, 4) is 0 Å². The molecular formula is C16H12FN3. The molecule has 20 heavy (non-hydrogen) atoms. The van der Waals surface area contributed by atoms with Crippen LogP contribution in [0.3, 0.4) is 0 Å². The summed E-state index contributed by atoms with van der Waals surface area (Å²) in [6.45, 7) is 0. The third-order valence-corrected chi connectivity index (χ3v) is 2.89. The van der Waals surface area contributed by atoms with E-state index in [-0.39, 0.29) is 5.82 Å². The molecule has 1 aromatic heterocycles. The van der Waals surface area contributed by atoms with Crippen LogP contribution in [0.4, 0.5) is 10.1 Å². The lowest BCUT2D eigenvalue weighted by Gasteiger charge is -2.04. The minimum atomic E-state index is -0.275. The van der Waals surface area contributed by atoms with E-state index in [4.69, 9.17) is 0 Å². The summed E-state index contributed by atoms with van der Waals surface area (Å²) in [6.07, 6.45) is 3.33. The zero-order valence-corrected chi connectivity index (χ0v) is 10.6. The van der Waals surface area contributed by atoms with Crippen molar-refractivity contribution >= 4 is 22.8 Å². The summed E-state index contributed by atoms with van der Waals surface area (Å²) >= 11 is 0. The second-order valence-corrected chi connectivity index (χ2v) is 4.30. The molecular weight excluding hydrogens is 253 g/mol. The molecule has 0 atom stereocenters. The number of nitrogens with zero attached hydrogens (tertiary/aromatic N) is 2. The number of hydrogen-bond donors (Lipinski definition) is 1. The number of rotatable bonds is 3. The van der Waals surface area contributed by atoms with Crippen LogP contribution in [-0.2, 0) is 0 Å². The highest BCUT2D eigenvalue weighted by Gasteiger charge is 1.99. The molecule has 0 bridgehead atoms.